The number of alkyl halides is 4. The van der Waals surface area contributed by atoms with Gasteiger partial charge < -0.3 is 18.5 Å². The van der Waals surface area contributed by atoms with Gasteiger partial charge in [-0.1, -0.05) is 5.16 Å². The van der Waals surface area contributed by atoms with Crippen LogP contribution in [0.2, 0.25) is 0 Å². The fourth-order valence-corrected chi connectivity index (χ4v) is 3.64. The molecule has 4 rings (SSSR count). The molecule has 14 heteroatoms. The largest absolute Gasteiger partial charge is 0.507 e. The Kier molecular flexibility index (Phi) is 3.90. The molecular weight excluding hydrogens is 424 g/mol. The van der Waals surface area contributed by atoms with Crippen LogP contribution in [0.3, 0.4) is 0 Å². The first-order chi connectivity index (χ1) is 13.5. The SMILES string of the molecule is Cc1noc(C)c1-n1c(C#N)nc2cc3c(c(S(=O)O)c21)OC(F)(F)C(F)(F)O3. The highest BCUT2D eigenvalue weighted by Crippen LogP contribution is 2.51. The lowest BCUT2D eigenvalue weighted by Crippen LogP contribution is -2.52. The second-order valence-corrected chi connectivity index (χ2v) is 6.85. The Bertz CT molecular complexity index is 1230. The number of ether oxygens (including phenoxy) is 2. The molecule has 0 saturated heterocycles. The van der Waals surface area contributed by atoms with Crippen LogP contribution in [0.1, 0.15) is 17.3 Å². The zero-order valence-corrected chi connectivity index (χ0v) is 15.2. The van der Waals surface area contributed by atoms with E-state index < -0.39 is 39.7 Å². The number of rotatable bonds is 2. The van der Waals surface area contributed by atoms with Gasteiger partial charge in [-0.3, -0.25) is 4.57 Å². The van der Waals surface area contributed by atoms with Crippen molar-refractivity contribution >= 4 is 22.1 Å². The molecule has 152 valence electrons. The summed E-state index contributed by atoms with van der Waals surface area (Å²) in [6, 6.07) is 2.55. The van der Waals surface area contributed by atoms with Gasteiger partial charge in [0.2, 0.25) is 5.82 Å². The lowest BCUT2D eigenvalue weighted by atomic mass is 10.2. The number of nitrogens with zero attached hydrogens (tertiary/aromatic N) is 4. The van der Waals surface area contributed by atoms with Gasteiger partial charge in [0.15, 0.2) is 28.3 Å². The number of fused-ring (bicyclic) bond motifs is 2. The maximum Gasteiger partial charge on any atom is 0.507 e. The van der Waals surface area contributed by atoms with E-state index in [1.165, 1.54) is 13.8 Å². The van der Waals surface area contributed by atoms with Crippen LogP contribution in [0, 0.1) is 25.2 Å². The van der Waals surface area contributed by atoms with Crippen LogP contribution in [0.4, 0.5) is 17.6 Å². The molecule has 1 atom stereocenters. The van der Waals surface area contributed by atoms with Crippen LogP contribution in [-0.2, 0) is 11.1 Å². The lowest BCUT2D eigenvalue weighted by molar-refractivity contribution is -0.392. The van der Waals surface area contributed by atoms with Gasteiger partial charge in [-0.25, -0.2) is 9.19 Å². The van der Waals surface area contributed by atoms with Gasteiger partial charge in [-0.15, -0.1) is 0 Å². The van der Waals surface area contributed by atoms with Gasteiger partial charge in [0.05, 0.1) is 11.0 Å². The lowest BCUT2D eigenvalue weighted by Gasteiger charge is -2.32. The average molecular weight is 432 g/mol. The van der Waals surface area contributed by atoms with Crippen molar-refractivity contribution in [3.05, 3.63) is 23.3 Å². The number of nitriles is 1. The number of hydrogen-bond acceptors (Lipinski definition) is 7. The molecule has 1 aromatic carbocycles. The van der Waals surface area contributed by atoms with E-state index in [1.54, 1.807) is 6.07 Å². The van der Waals surface area contributed by atoms with Crippen molar-refractivity contribution < 1.29 is 40.3 Å². The third-order valence-electron chi connectivity index (χ3n) is 4.12. The molecule has 0 bridgehead atoms. The monoisotopic (exact) mass is 432 g/mol. The van der Waals surface area contributed by atoms with E-state index in [-0.39, 0.29) is 34.0 Å². The van der Waals surface area contributed by atoms with Gasteiger partial charge in [0, 0.05) is 6.07 Å². The van der Waals surface area contributed by atoms with E-state index in [2.05, 4.69) is 19.6 Å². The Morgan fingerprint density at radius 2 is 1.90 bits per heavy atom. The van der Waals surface area contributed by atoms with E-state index in [0.717, 1.165) is 10.6 Å². The summed E-state index contributed by atoms with van der Waals surface area (Å²) < 4.78 is 90.5. The molecule has 0 aliphatic carbocycles. The van der Waals surface area contributed by atoms with Crippen molar-refractivity contribution in [1.29, 1.82) is 5.26 Å². The maximum atomic E-state index is 13.7. The standard InChI is InChI=1S/C15H8F4N4O5S/c1-5-10(6(2)28-22-5)23-9(4-20)21-7-3-8-12(13(11(7)23)29(24)25)27-15(18,19)14(16,17)26-8/h3H,1-2H3,(H,24,25). The second kappa shape index (κ2) is 5.91. The molecule has 1 aliphatic heterocycles. The molecular formula is C15H8F4N4O5S. The van der Waals surface area contributed by atoms with Gasteiger partial charge >= 0.3 is 12.2 Å². The third kappa shape index (κ3) is 2.58. The molecule has 9 nitrogen and oxygen atoms in total. The number of hydrogen-bond donors (Lipinski definition) is 1. The Hall–Kier alpha value is -3.18. The smallest absolute Gasteiger partial charge is 0.421 e. The van der Waals surface area contributed by atoms with Crippen molar-refractivity contribution in [2.75, 3.05) is 0 Å². The Labute approximate surface area is 160 Å². The summed E-state index contributed by atoms with van der Waals surface area (Å²) in [5, 5.41) is 13.1. The maximum absolute atomic E-state index is 13.7. The second-order valence-electron chi connectivity index (χ2n) is 5.94. The number of aryl methyl sites for hydroxylation is 2. The van der Waals surface area contributed by atoms with Crippen molar-refractivity contribution in [1.82, 2.24) is 14.7 Å². The van der Waals surface area contributed by atoms with Crippen LogP contribution in [-0.4, -0.2) is 35.7 Å². The minimum Gasteiger partial charge on any atom is -0.421 e. The number of benzene rings is 1. The van der Waals surface area contributed by atoms with Gasteiger partial charge in [0.25, 0.3) is 0 Å². The van der Waals surface area contributed by atoms with Crippen LogP contribution in [0.5, 0.6) is 11.5 Å². The van der Waals surface area contributed by atoms with Crippen LogP contribution < -0.4 is 9.47 Å². The first-order valence-electron chi connectivity index (χ1n) is 7.66. The van der Waals surface area contributed by atoms with Crippen molar-refractivity contribution in [3.8, 4) is 23.3 Å². The van der Waals surface area contributed by atoms with E-state index >= 15 is 0 Å². The van der Waals surface area contributed by atoms with Crippen molar-refractivity contribution in [2.24, 2.45) is 0 Å². The predicted molar refractivity (Wildman–Crippen MR) is 85.5 cm³/mol. The molecule has 0 spiro atoms. The first-order valence-corrected chi connectivity index (χ1v) is 8.76. The van der Waals surface area contributed by atoms with E-state index in [0.29, 0.717) is 0 Å². The normalized spacial score (nSPS) is 17.9. The molecule has 3 heterocycles. The first kappa shape index (κ1) is 19.2. The van der Waals surface area contributed by atoms with Crippen molar-refractivity contribution in [2.45, 2.75) is 31.0 Å². The van der Waals surface area contributed by atoms with E-state index in [1.807, 2.05) is 0 Å². The summed E-state index contributed by atoms with van der Waals surface area (Å²) in [4.78, 5) is 3.09. The Balaban J connectivity index is 2.16. The minimum atomic E-state index is -5.12. The molecule has 0 saturated carbocycles. The summed E-state index contributed by atoms with van der Waals surface area (Å²) in [6.07, 6.45) is -10.2. The average Bonchev–Trinajstić information content (AvgIpc) is 3.12. The van der Waals surface area contributed by atoms with Crippen LogP contribution in [0.15, 0.2) is 15.5 Å². The predicted octanol–water partition coefficient (Wildman–Crippen LogP) is 3.04. The molecule has 1 N–H and O–H groups in total. The Morgan fingerprint density at radius 3 is 2.45 bits per heavy atom. The van der Waals surface area contributed by atoms with Crippen LogP contribution in [0.25, 0.3) is 16.7 Å². The molecule has 3 aromatic rings. The molecule has 29 heavy (non-hydrogen) atoms. The number of imidazole rings is 1. The molecule has 0 amide bonds. The molecule has 1 unspecified atom stereocenters. The van der Waals surface area contributed by atoms with Gasteiger partial charge in [-0.2, -0.15) is 22.8 Å². The minimum absolute atomic E-state index is 0.157. The van der Waals surface area contributed by atoms with Gasteiger partial charge in [0.1, 0.15) is 22.3 Å². The highest BCUT2D eigenvalue weighted by Gasteiger charge is 2.66. The van der Waals surface area contributed by atoms with Gasteiger partial charge in [-0.05, 0) is 13.8 Å². The molecule has 0 fully saturated rings. The summed E-state index contributed by atoms with van der Waals surface area (Å²) in [6.45, 7) is 2.98. The van der Waals surface area contributed by atoms with Crippen LogP contribution >= 0.6 is 0 Å². The molecule has 0 radical (unpaired) electrons. The number of halogens is 4. The number of aromatic nitrogens is 3. The molecule has 1 aliphatic rings. The van der Waals surface area contributed by atoms with E-state index in [9.17, 15) is 31.6 Å². The topological polar surface area (TPSA) is 123 Å². The Morgan fingerprint density at radius 1 is 1.24 bits per heavy atom. The highest BCUT2D eigenvalue weighted by molar-refractivity contribution is 7.79. The molecule has 2 aromatic heterocycles. The highest BCUT2D eigenvalue weighted by atomic mass is 32.2. The summed E-state index contributed by atoms with van der Waals surface area (Å²) in [7, 11) is 0. The summed E-state index contributed by atoms with van der Waals surface area (Å²) in [5.41, 5.74) is -0.147. The fourth-order valence-electron chi connectivity index (χ4n) is 2.97. The van der Waals surface area contributed by atoms with E-state index in [4.69, 9.17) is 4.52 Å². The third-order valence-corrected chi connectivity index (χ3v) is 4.85. The fraction of sp³-hybridized carbons (Fsp3) is 0.267. The summed E-state index contributed by atoms with van der Waals surface area (Å²) in [5.74, 6) is -2.17. The van der Waals surface area contributed by atoms with Crippen molar-refractivity contribution in [3.63, 3.8) is 0 Å². The summed E-state index contributed by atoms with van der Waals surface area (Å²) >= 11 is -3.03. The quantitative estimate of drug-likeness (QED) is 0.484. The zero-order chi connectivity index (χ0) is 21.3. The zero-order valence-electron chi connectivity index (χ0n) is 14.4.